The number of aromatic amines is 1. The maximum Gasteiger partial charge on any atom is 0.356 e. The number of nitrogens with zero attached hydrogens (tertiary/aromatic N) is 2. The number of carbonyl (C=O) groups excluding carboxylic acids is 1. The molecule has 1 aromatic heterocycles. The summed E-state index contributed by atoms with van der Waals surface area (Å²) in [5, 5.41) is 20.7. The Labute approximate surface area is 135 Å². The van der Waals surface area contributed by atoms with E-state index in [1.54, 1.807) is 12.1 Å². The van der Waals surface area contributed by atoms with Crippen molar-refractivity contribution in [2.24, 2.45) is 0 Å². The van der Waals surface area contributed by atoms with Crippen LogP contribution in [0, 0.1) is 11.3 Å². The number of ether oxygens (including phenoxy) is 1. The summed E-state index contributed by atoms with van der Waals surface area (Å²) in [6, 6.07) is 6.70. The molecule has 0 radical (unpaired) electrons. The van der Waals surface area contributed by atoms with Gasteiger partial charge >= 0.3 is 5.97 Å². The van der Waals surface area contributed by atoms with Crippen LogP contribution >= 0.6 is 11.8 Å². The van der Waals surface area contributed by atoms with Gasteiger partial charge in [-0.3, -0.25) is 4.79 Å². The SMILES string of the molecule is COc1ccc(NC(=O)CSc2nc(C(=O)O)c[nH]2)cc1C#N. The Morgan fingerprint density at radius 3 is 2.91 bits per heavy atom. The summed E-state index contributed by atoms with van der Waals surface area (Å²) in [4.78, 5) is 29.1. The second-order valence-electron chi connectivity index (χ2n) is 4.26. The Kier molecular flexibility index (Phi) is 5.22. The molecule has 0 saturated heterocycles. The quantitative estimate of drug-likeness (QED) is 0.687. The van der Waals surface area contributed by atoms with Crippen molar-refractivity contribution in [3.8, 4) is 11.8 Å². The smallest absolute Gasteiger partial charge is 0.356 e. The van der Waals surface area contributed by atoms with Gasteiger partial charge in [0.2, 0.25) is 5.91 Å². The first-order chi connectivity index (χ1) is 11.0. The molecule has 2 rings (SSSR count). The van der Waals surface area contributed by atoms with Gasteiger partial charge in [0.05, 0.1) is 18.4 Å². The summed E-state index contributed by atoms with van der Waals surface area (Å²) in [5.41, 5.74) is 0.676. The van der Waals surface area contributed by atoms with E-state index in [1.165, 1.54) is 19.4 Å². The summed E-state index contributed by atoms with van der Waals surface area (Å²) in [6.07, 6.45) is 1.26. The molecule has 0 bridgehead atoms. The van der Waals surface area contributed by atoms with Crippen LogP contribution in [-0.4, -0.2) is 39.8 Å². The monoisotopic (exact) mass is 332 g/mol. The number of rotatable bonds is 6. The highest BCUT2D eigenvalue weighted by molar-refractivity contribution is 7.99. The Bertz CT molecular complexity index is 781. The Morgan fingerprint density at radius 1 is 1.52 bits per heavy atom. The standard InChI is InChI=1S/C14H12N4O4S/c1-22-11-3-2-9(4-8(11)5-15)17-12(19)7-23-14-16-6-10(18-14)13(20)21/h2-4,6H,7H2,1H3,(H,16,18)(H,17,19)(H,20,21). The third-order valence-corrected chi connectivity index (χ3v) is 3.61. The average molecular weight is 332 g/mol. The van der Waals surface area contributed by atoms with Crippen molar-refractivity contribution in [1.82, 2.24) is 9.97 Å². The lowest BCUT2D eigenvalue weighted by Crippen LogP contribution is -2.14. The summed E-state index contributed by atoms with van der Waals surface area (Å²) in [5.74, 6) is -0.977. The summed E-state index contributed by atoms with van der Waals surface area (Å²) >= 11 is 1.07. The predicted octanol–water partition coefficient (Wildman–Crippen LogP) is 1.72. The van der Waals surface area contributed by atoms with Gasteiger partial charge in [-0.1, -0.05) is 11.8 Å². The van der Waals surface area contributed by atoms with Gasteiger partial charge < -0.3 is 20.1 Å². The van der Waals surface area contributed by atoms with E-state index >= 15 is 0 Å². The fourth-order valence-corrected chi connectivity index (χ4v) is 2.34. The summed E-state index contributed by atoms with van der Waals surface area (Å²) < 4.78 is 5.02. The van der Waals surface area contributed by atoms with Crippen LogP contribution in [0.2, 0.25) is 0 Å². The Balaban J connectivity index is 1.94. The number of aromatic carboxylic acids is 1. The zero-order valence-electron chi connectivity index (χ0n) is 12.0. The average Bonchev–Trinajstić information content (AvgIpc) is 3.02. The van der Waals surface area contributed by atoms with Crippen molar-refractivity contribution >= 4 is 29.3 Å². The molecule has 8 nitrogen and oxygen atoms in total. The number of nitrogens with one attached hydrogen (secondary N) is 2. The first kappa shape index (κ1) is 16.4. The topological polar surface area (TPSA) is 128 Å². The van der Waals surface area contributed by atoms with Gasteiger partial charge in [0.1, 0.15) is 11.8 Å². The lowest BCUT2D eigenvalue weighted by molar-refractivity contribution is -0.113. The molecule has 118 valence electrons. The molecule has 0 saturated carbocycles. The number of anilines is 1. The first-order valence-electron chi connectivity index (χ1n) is 6.33. The molecular formula is C14H12N4O4S. The van der Waals surface area contributed by atoms with E-state index < -0.39 is 5.97 Å². The van der Waals surface area contributed by atoms with Gasteiger partial charge in [0, 0.05) is 11.9 Å². The molecule has 9 heteroatoms. The number of H-pyrrole nitrogens is 1. The number of carboxylic acid groups (broad SMARTS) is 1. The van der Waals surface area contributed by atoms with Crippen LogP contribution in [0.15, 0.2) is 29.6 Å². The van der Waals surface area contributed by atoms with Crippen molar-refractivity contribution in [2.75, 3.05) is 18.2 Å². The van der Waals surface area contributed by atoms with Crippen molar-refractivity contribution < 1.29 is 19.4 Å². The number of methoxy groups -OCH3 is 1. The number of benzene rings is 1. The molecule has 23 heavy (non-hydrogen) atoms. The number of hydrogen-bond acceptors (Lipinski definition) is 6. The van der Waals surface area contributed by atoms with Crippen molar-refractivity contribution in [3.63, 3.8) is 0 Å². The minimum absolute atomic E-state index is 0.0422. The van der Waals surface area contributed by atoms with Crippen LogP contribution in [0.5, 0.6) is 5.75 Å². The zero-order valence-corrected chi connectivity index (χ0v) is 12.8. The van der Waals surface area contributed by atoms with E-state index in [0.29, 0.717) is 22.2 Å². The second-order valence-corrected chi connectivity index (χ2v) is 5.22. The molecule has 0 atom stereocenters. The van der Waals surface area contributed by atoms with Crippen LogP contribution in [0.3, 0.4) is 0 Å². The maximum absolute atomic E-state index is 11.9. The molecule has 3 N–H and O–H groups in total. The number of carboxylic acids is 1. The van der Waals surface area contributed by atoms with Gasteiger partial charge in [0.15, 0.2) is 10.9 Å². The largest absolute Gasteiger partial charge is 0.495 e. The van der Waals surface area contributed by atoms with Crippen molar-refractivity contribution in [3.05, 3.63) is 35.7 Å². The molecule has 1 amide bonds. The maximum atomic E-state index is 11.9. The highest BCUT2D eigenvalue weighted by Crippen LogP contribution is 2.22. The molecule has 2 aromatic rings. The molecule has 0 aliphatic rings. The molecule has 0 fully saturated rings. The zero-order chi connectivity index (χ0) is 16.8. The van der Waals surface area contributed by atoms with E-state index in [2.05, 4.69) is 15.3 Å². The molecule has 0 unspecified atom stereocenters. The van der Waals surface area contributed by atoms with Crippen molar-refractivity contribution in [2.45, 2.75) is 5.16 Å². The van der Waals surface area contributed by atoms with Gasteiger partial charge in [-0.05, 0) is 18.2 Å². The molecule has 0 aliphatic heterocycles. The second kappa shape index (κ2) is 7.33. The number of carbonyl (C=O) groups is 2. The van der Waals surface area contributed by atoms with Crippen LogP contribution < -0.4 is 10.1 Å². The van der Waals surface area contributed by atoms with Crippen LogP contribution in [-0.2, 0) is 4.79 Å². The normalized spacial score (nSPS) is 9.91. The fourth-order valence-electron chi connectivity index (χ4n) is 1.69. The van der Waals surface area contributed by atoms with E-state index in [9.17, 15) is 9.59 Å². The Morgan fingerprint density at radius 2 is 2.30 bits per heavy atom. The lowest BCUT2D eigenvalue weighted by Gasteiger charge is -2.07. The number of imidazole rings is 1. The molecule has 0 aliphatic carbocycles. The third kappa shape index (κ3) is 4.24. The minimum Gasteiger partial charge on any atom is -0.495 e. The highest BCUT2D eigenvalue weighted by Gasteiger charge is 2.11. The van der Waals surface area contributed by atoms with Gasteiger partial charge in [0.25, 0.3) is 0 Å². The number of aromatic nitrogens is 2. The van der Waals surface area contributed by atoms with Crippen molar-refractivity contribution in [1.29, 1.82) is 5.26 Å². The molecule has 1 aromatic carbocycles. The number of nitriles is 1. The minimum atomic E-state index is -1.14. The highest BCUT2D eigenvalue weighted by atomic mass is 32.2. The van der Waals surface area contributed by atoms with E-state index in [4.69, 9.17) is 15.1 Å². The van der Waals surface area contributed by atoms with Gasteiger partial charge in [-0.25, -0.2) is 9.78 Å². The molecule has 1 heterocycles. The van der Waals surface area contributed by atoms with Gasteiger partial charge in [-0.2, -0.15) is 5.26 Å². The first-order valence-corrected chi connectivity index (χ1v) is 7.31. The number of hydrogen-bond donors (Lipinski definition) is 3. The van der Waals surface area contributed by atoms with Crippen LogP contribution in [0.4, 0.5) is 5.69 Å². The summed E-state index contributed by atoms with van der Waals surface area (Å²) in [6.45, 7) is 0. The summed E-state index contributed by atoms with van der Waals surface area (Å²) in [7, 11) is 1.46. The third-order valence-electron chi connectivity index (χ3n) is 2.72. The van der Waals surface area contributed by atoms with Crippen LogP contribution in [0.1, 0.15) is 16.1 Å². The van der Waals surface area contributed by atoms with E-state index in [-0.39, 0.29) is 17.4 Å². The predicted molar refractivity (Wildman–Crippen MR) is 82.6 cm³/mol. The molecular weight excluding hydrogens is 320 g/mol. The van der Waals surface area contributed by atoms with E-state index in [0.717, 1.165) is 11.8 Å². The van der Waals surface area contributed by atoms with Crippen LogP contribution in [0.25, 0.3) is 0 Å². The molecule has 0 spiro atoms. The Hall–Kier alpha value is -2.99. The lowest BCUT2D eigenvalue weighted by atomic mass is 10.2. The van der Waals surface area contributed by atoms with E-state index in [1.807, 2.05) is 6.07 Å². The fraction of sp³-hybridized carbons (Fsp3) is 0.143. The number of thioether (sulfide) groups is 1. The van der Waals surface area contributed by atoms with Gasteiger partial charge in [-0.15, -0.1) is 0 Å². The number of amides is 1.